The molecule has 76 valence electrons. The quantitative estimate of drug-likeness (QED) is 0.299. The molecule has 0 unspecified atom stereocenters. The summed E-state index contributed by atoms with van der Waals surface area (Å²) >= 11 is 0. The van der Waals surface area contributed by atoms with Gasteiger partial charge in [-0.1, -0.05) is 0 Å². The van der Waals surface area contributed by atoms with Crippen LogP contribution in [0.25, 0.3) is 0 Å². The van der Waals surface area contributed by atoms with Gasteiger partial charge in [0.15, 0.2) is 5.78 Å². The zero-order valence-electron chi connectivity index (χ0n) is 8.58. The fraction of sp³-hybridized carbons (Fsp3) is 0.857. The molecular formula is C7H12O6. The summed E-state index contributed by atoms with van der Waals surface area (Å²) in [6.07, 6.45) is -9.33. The summed E-state index contributed by atoms with van der Waals surface area (Å²) in [6, 6.07) is 0. The van der Waals surface area contributed by atoms with Crippen molar-refractivity contribution in [2.75, 3.05) is 6.61 Å². The number of aliphatic hydroxyl groups is 5. The maximum Gasteiger partial charge on any atom is 0.167 e. The number of ketones is 1. The smallest absolute Gasteiger partial charge is 0.167 e. The van der Waals surface area contributed by atoms with Gasteiger partial charge in [-0.05, 0) is 0 Å². The van der Waals surface area contributed by atoms with E-state index in [0.717, 1.165) is 0 Å². The topological polar surface area (TPSA) is 118 Å². The Morgan fingerprint density at radius 1 is 1.54 bits per heavy atom. The summed E-state index contributed by atoms with van der Waals surface area (Å²) in [4.78, 5) is 11.2. The van der Waals surface area contributed by atoms with E-state index in [9.17, 15) is 15.0 Å². The second-order valence-corrected chi connectivity index (χ2v) is 2.95. The number of Topliss-reactive ketones (excluding diaryl/α,β-unsaturated/α-hetero) is 1. The van der Waals surface area contributed by atoms with E-state index >= 15 is 0 Å². The Labute approximate surface area is 76.9 Å². The first-order chi connectivity index (χ1) is 6.70. The average Bonchev–Trinajstić information content (AvgIpc) is 2.21. The molecule has 0 saturated heterocycles. The van der Waals surface area contributed by atoms with Crippen molar-refractivity contribution in [2.24, 2.45) is 0 Å². The lowest BCUT2D eigenvalue weighted by Crippen LogP contribution is -2.62. The number of aliphatic hydroxyl groups excluding tert-OH is 4. The van der Waals surface area contributed by atoms with Crippen LogP contribution in [0.2, 0.25) is 0 Å². The minimum Gasteiger partial charge on any atom is -0.393 e. The lowest BCUT2D eigenvalue weighted by Gasteiger charge is -2.39. The SMILES string of the molecule is [2H]C1([2H])C(=O)[C@H](O)[C@@H](O)[C@H](O)[C@]1(O)CO. The maximum atomic E-state index is 11.2. The summed E-state index contributed by atoms with van der Waals surface area (Å²) in [5.74, 6) is -1.48. The molecule has 0 spiro atoms. The molecule has 1 aliphatic rings. The van der Waals surface area contributed by atoms with Crippen molar-refractivity contribution in [1.82, 2.24) is 0 Å². The van der Waals surface area contributed by atoms with E-state index in [1.54, 1.807) is 0 Å². The Bertz CT molecular complexity index is 283. The van der Waals surface area contributed by atoms with Gasteiger partial charge in [-0.2, -0.15) is 0 Å². The molecule has 1 aliphatic carbocycles. The highest BCUT2D eigenvalue weighted by Gasteiger charge is 2.50. The number of carbonyl (C=O) groups is 1. The summed E-state index contributed by atoms with van der Waals surface area (Å²) in [6.45, 7) is -1.25. The van der Waals surface area contributed by atoms with E-state index in [-0.39, 0.29) is 0 Å². The average molecular weight is 194 g/mol. The fourth-order valence-corrected chi connectivity index (χ4v) is 1.10. The van der Waals surface area contributed by atoms with E-state index in [2.05, 4.69) is 0 Å². The monoisotopic (exact) mass is 194 g/mol. The van der Waals surface area contributed by atoms with E-state index in [4.69, 9.17) is 18.1 Å². The predicted molar refractivity (Wildman–Crippen MR) is 39.7 cm³/mol. The standard InChI is InChI=1S/C7H12O6/c8-2-7(13)1-3(9)4(10)5(11)6(7)12/h4-6,8,10-13H,1-2H2/t4-,5+,6-,7+/m0/s1/i1D2. The van der Waals surface area contributed by atoms with E-state index in [1.807, 2.05) is 0 Å². The molecule has 0 heterocycles. The van der Waals surface area contributed by atoms with Gasteiger partial charge >= 0.3 is 0 Å². The fourth-order valence-electron chi connectivity index (χ4n) is 1.10. The highest BCUT2D eigenvalue weighted by atomic mass is 16.4. The van der Waals surface area contributed by atoms with Crippen LogP contribution in [0.1, 0.15) is 9.11 Å². The molecule has 0 aromatic rings. The molecule has 0 aromatic carbocycles. The van der Waals surface area contributed by atoms with Crippen molar-refractivity contribution in [2.45, 2.75) is 30.3 Å². The molecule has 1 rings (SSSR count). The summed E-state index contributed by atoms with van der Waals surface area (Å²) in [5.41, 5.74) is -2.82. The predicted octanol–water partition coefficient (Wildman–Crippen LogP) is -3.23. The van der Waals surface area contributed by atoms with Crippen LogP contribution in [-0.4, -0.2) is 61.8 Å². The van der Waals surface area contributed by atoms with Crippen LogP contribution in [0.4, 0.5) is 0 Å². The molecule has 0 amide bonds. The Kier molecular flexibility index (Phi) is 2.00. The van der Waals surface area contributed by atoms with Crippen LogP contribution in [0.3, 0.4) is 0 Å². The van der Waals surface area contributed by atoms with Crippen molar-refractivity contribution in [3.05, 3.63) is 0 Å². The summed E-state index contributed by atoms with van der Waals surface area (Å²) < 4.78 is 14.4. The van der Waals surface area contributed by atoms with Gasteiger partial charge in [0.1, 0.15) is 23.9 Å². The normalized spacial score (nSPS) is 52.7. The molecular weight excluding hydrogens is 180 g/mol. The van der Waals surface area contributed by atoms with Crippen LogP contribution in [0.5, 0.6) is 0 Å². The molecule has 1 fully saturated rings. The first-order valence-electron chi connectivity index (χ1n) is 4.62. The van der Waals surface area contributed by atoms with E-state index in [1.165, 1.54) is 0 Å². The van der Waals surface area contributed by atoms with Gasteiger partial charge in [-0.3, -0.25) is 4.79 Å². The summed E-state index contributed by atoms with van der Waals surface area (Å²) in [5, 5.41) is 45.9. The second kappa shape index (κ2) is 3.32. The van der Waals surface area contributed by atoms with Gasteiger partial charge in [0, 0.05) is 9.11 Å². The highest BCUT2D eigenvalue weighted by Crippen LogP contribution is 2.26. The maximum absolute atomic E-state index is 11.2. The lowest BCUT2D eigenvalue weighted by molar-refractivity contribution is -0.198. The zero-order chi connectivity index (χ0) is 12.0. The van der Waals surface area contributed by atoms with Crippen LogP contribution in [-0.2, 0) is 4.79 Å². The number of rotatable bonds is 1. The second-order valence-electron chi connectivity index (χ2n) is 2.95. The highest BCUT2D eigenvalue weighted by molar-refractivity contribution is 5.85. The molecule has 6 nitrogen and oxygen atoms in total. The third-order valence-electron chi connectivity index (χ3n) is 1.99. The van der Waals surface area contributed by atoms with Gasteiger partial charge in [-0.15, -0.1) is 0 Å². The van der Waals surface area contributed by atoms with Gasteiger partial charge in [0.25, 0.3) is 0 Å². The molecule has 4 atom stereocenters. The zero-order valence-corrected chi connectivity index (χ0v) is 6.58. The van der Waals surface area contributed by atoms with Crippen LogP contribution in [0, 0.1) is 0 Å². The van der Waals surface area contributed by atoms with Crippen molar-refractivity contribution >= 4 is 5.78 Å². The molecule has 13 heavy (non-hydrogen) atoms. The van der Waals surface area contributed by atoms with Crippen molar-refractivity contribution in [1.29, 1.82) is 0 Å². The Morgan fingerprint density at radius 3 is 2.54 bits per heavy atom. The van der Waals surface area contributed by atoms with Gasteiger partial charge < -0.3 is 25.5 Å². The van der Waals surface area contributed by atoms with E-state index < -0.39 is 42.7 Å². The van der Waals surface area contributed by atoms with Crippen LogP contribution in [0.15, 0.2) is 0 Å². The Morgan fingerprint density at radius 2 is 2.08 bits per heavy atom. The van der Waals surface area contributed by atoms with Gasteiger partial charge in [0.05, 0.1) is 6.61 Å². The molecule has 5 N–H and O–H groups in total. The van der Waals surface area contributed by atoms with Gasteiger partial charge in [-0.25, -0.2) is 0 Å². The Hall–Kier alpha value is -0.530. The van der Waals surface area contributed by atoms with Crippen molar-refractivity contribution in [3.8, 4) is 0 Å². The molecule has 0 bridgehead atoms. The molecule has 0 aromatic heterocycles. The molecule has 0 radical (unpaired) electrons. The third-order valence-corrected chi connectivity index (χ3v) is 1.99. The van der Waals surface area contributed by atoms with Crippen molar-refractivity contribution < 1.29 is 33.1 Å². The summed E-state index contributed by atoms with van der Waals surface area (Å²) in [7, 11) is 0. The number of hydrogen-bond donors (Lipinski definition) is 5. The number of hydrogen-bond acceptors (Lipinski definition) is 6. The van der Waals surface area contributed by atoms with Crippen molar-refractivity contribution in [3.63, 3.8) is 0 Å². The first kappa shape index (κ1) is 7.84. The third kappa shape index (κ3) is 1.59. The van der Waals surface area contributed by atoms with Crippen LogP contribution >= 0.6 is 0 Å². The van der Waals surface area contributed by atoms with Crippen LogP contribution < -0.4 is 0 Å². The largest absolute Gasteiger partial charge is 0.393 e. The van der Waals surface area contributed by atoms with E-state index in [0.29, 0.717) is 0 Å². The molecule has 0 aliphatic heterocycles. The first-order valence-corrected chi connectivity index (χ1v) is 3.62. The Balaban J connectivity index is 3.22. The molecule has 6 heteroatoms. The molecule has 1 saturated carbocycles. The lowest BCUT2D eigenvalue weighted by atomic mass is 9.78. The number of carbonyl (C=O) groups excluding carboxylic acids is 1. The minimum atomic E-state index is -3.03. The van der Waals surface area contributed by atoms with Gasteiger partial charge in [0.2, 0.25) is 0 Å². The minimum absolute atomic E-state index is 1.25.